The number of hydrogen-bond acceptors (Lipinski definition) is 4. The third-order valence-corrected chi connectivity index (χ3v) is 3.76. The predicted octanol–water partition coefficient (Wildman–Crippen LogP) is 3.54. The van der Waals surface area contributed by atoms with Crippen LogP contribution in [0, 0.1) is 6.08 Å². The van der Waals surface area contributed by atoms with Crippen LogP contribution in [-0.2, 0) is 12.8 Å². The summed E-state index contributed by atoms with van der Waals surface area (Å²) in [5.74, 6) is 0.516. The third kappa shape index (κ3) is 2.50. The molecule has 4 nitrogen and oxygen atoms in total. The molecule has 0 aliphatic rings. The lowest BCUT2D eigenvalue weighted by atomic mass is 9.97. The van der Waals surface area contributed by atoms with E-state index in [9.17, 15) is 4.39 Å². The average Bonchev–Trinajstić information content (AvgIpc) is 2.53. The van der Waals surface area contributed by atoms with Crippen molar-refractivity contribution in [2.24, 2.45) is 0 Å². The summed E-state index contributed by atoms with van der Waals surface area (Å²) in [7, 11) is 0. The fourth-order valence-corrected chi connectivity index (χ4v) is 2.67. The van der Waals surface area contributed by atoms with Gasteiger partial charge in [-0.25, -0.2) is 15.0 Å². The van der Waals surface area contributed by atoms with Gasteiger partial charge in [-0.2, -0.15) is 4.39 Å². The van der Waals surface area contributed by atoms with E-state index < -0.39 is 6.08 Å². The molecule has 3 rings (SSSR count). The molecule has 22 heavy (non-hydrogen) atoms. The van der Waals surface area contributed by atoms with Gasteiger partial charge in [0.05, 0.1) is 11.2 Å². The van der Waals surface area contributed by atoms with Crippen LogP contribution in [0.2, 0.25) is 0 Å². The number of benzene rings is 1. The Balaban J connectivity index is 2.26. The Labute approximate surface area is 128 Å². The van der Waals surface area contributed by atoms with Gasteiger partial charge < -0.3 is 5.73 Å². The summed E-state index contributed by atoms with van der Waals surface area (Å²) in [6.45, 7) is 4.08. The number of nitrogen functional groups attached to an aromatic ring is 1. The molecule has 0 spiro atoms. The molecule has 5 heteroatoms. The molecule has 0 atom stereocenters. The highest BCUT2D eigenvalue weighted by atomic mass is 19.1. The quantitative estimate of drug-likeness (QED) is 0.751. The predicted molar refractivity (Wildman–Crippen MR) is 85.9 cm³/mol. The number of anilines is 1. The molecule has 0 fully saturated rings. The zero-order valence-corrected chi connectivity index (χ0v) is 12.6. The molecule has 0 saturated carbocycles. The van der Waals surface area contributed by atoms with Gasteiger partial charge >= 0.3 is 6.08 Å². The summed E-state index contributed by atoms with van der Waals surface area (Å²) in [6, 6.07) is 7.79. The van der Waals surface area contributed by atoms with Crippen molar-refractivity contribution in [3.8, 4) is 11.1 Å². The molecule has 112 valence electrons. The van der Waals surface area contributed by atoms with Crippen molar-refractivity contribution in [3.05, 3.63) is 47.8 Å². The number of halogens is 1. The summed E-state index contributed by atoms with van der Waals surface area (Å²) >= 11 is 0. The lowest BCUT2D eigenvalue weighted by Gasteiger charge is -2.11. The van der Waals surface area contributed by atoms with Crippen molar-refractivity contribution in [1.82, 2.24) is 15.0 Å². The number of aromatic nitrogens is 3. The monoisotopic (exact) mass is 296 g/mol. The van der Waals surface area contributed by atoms with E-state index in [2.05, 4.69) is 15.0 Å². The maximum absolute atomic E-state index is 13.3. The van der Waals surface area contributed by atoms with Gasteiger partial charge in [-0.15, -0.1) is 0 Å². The van der Waals surface area contributed by atoms with Crippen LogP contribution in [0.25, 0.3) is 22.0 Å². The smallest absolute Gasteiger partial charge is 0.309 e. The Morgan fingerprint density at radius 3 is 2.64 bits per heavy atom. The summed E-state index contributed by atoms with van der Waals surface area (Å²) in [5.41, 5.74) is 10.5. The Morgan fingerprint density at radius 2 is 1.91 bits per heavy atom. The molecule has 2 heterocycles. The zero-order chi connectivity index (χ0) is 15.7. The summed E-state index contributed by atoms with van der Waals surface area (Å²) in [5, 5.41) is 0.828. The summed E-state index contributed by atoms with van der Waals surface area (Å²) in [4.78, 5) is 12.0. The maximum atomic E-state index is 13.3. The van der Waals surface area contributed by atoms with E-state index in [0.29, 0.717) is 11.3 Å². The largest absolute Gasteiger partial charge is 0.384 e. The SMILES string of the molecule is CCc1nc(N)ccc1-c1cc(CC)c2nc(F)ncc2c1. The molecule has 0 aliphatic carbocycles. The topological polar surface area (TPSA) is 64.7 Å². The van der Waals surface area contributed by atoms with E-state index in [1.54, 1.807) is 6.07 Å². The number of hydrogen-bond donors (Lipinski definition) is 1. The number of nitrogens with two attached hydrogens (primary N) is 1. The molecule has 0 unspecified atom stereocenters. The van der Waals surface area contributed by atoms with E-state index in [0.717, 1.165) is 40.6 Å². The molecule has 0 aliphatic heterocycles. The minimum atomic E-state index is -0.696. The van der Waals surface area contributed by atoms with Crippen LogP contribution in [0.5, 0.6) is 0 Å². The first-order chi connectivity index (χ1) is 10.6. The minimum Gasteiger partial charge on any atom is -0.384 e. The highest BCUT2D eigenvalue weighted by molar-refractivity contribution is 5.87. The van der Waals surface area contributed by atoms with E-state index in [-0.39, 0.29) is 0 Å². The summed E-state index contributed by atoms with van der Waals surface area (Å²) in [6.07, 6.45) is 2.39. The van der Waals surface area contributed by atoms with Crippen LogP contribution in [0.3, 0.4) is 0 Å². The third-order valence-electron chi connectivity index (χ3n) is 3.76. The van der Waals surface area contributed by atoms with E-state index in [1.165, 1.54) is 6.20 Å². The molecule has 3 aromatic rings. The molecule has 1 aromatic carbocycles. The second-order valence-corrected chi connectivity index (χ2v) is 5.15. The second-order valence-electron chi connectivity index (χ2n) is 5.15. The normalized spacial score (nSPS) is 11.0. The maximum Gasteiger partial charge on any atom is 0.309 e. The first-order valence-corrected chi connectivity index (χ1v) is 7.33. The molecular weight excluding hydrogens is 279 g/mol. The Bertz CT molecular complexity index is 845. The van der Waals surface area contributed by atoms with Crippen LogP contribution >= 0.6 is 0 Å². The molecule has 0 saturated heterocycles. The van der Waals surface area contributed by atoms with Gasteiger partial charge in [-0.1, -0.05) is 13.8 Å². The number of rotatable bonds is 3. The van der Waals surface area contributed by atoms with Crippen LogP contribution in [-0.4, -0.2) is 15.0 Å². The molecular formula is C17H17FN4. The lowest BCUT2D eigenvalue weighted by molar-refractivity contribution is 0.544. The summed E-state index contributed by atoms with van der Waals surface area (Å²) < 4.78 is 13.3. The first-order valence-electron chi connectivity index (χ1n) is 7.33. The van der Waals surface area contributed by atoms with Gasteiger partial charge in [0.25, 0.3) is 0 Å². The van der Waals surface area contributed by atoms with Gasteiger partial charge in [-0.3, -0.25) is 0 Å². The van der Waals surface area contributed by atoms with Gasteiger partial charge in [0.15, 0.2) is 0 Å². The van der Waals surface area contributed by atoms with Crippen molar-refractivity contribution in [2.75, 3.05) is 5.73 Å². The van der Waals surface area contributed by atoms with E-state index >= 15 is 0 Å². The van der Waals surface area contributed by atoms with Crippen molar-refractivity contribution >= 4 is 16.7 Å². The number of fused-ring (bicyclic) bond motifs is 1. The Kier molecular flexibility index (Phi) is 3.71. The highest BCUT2D eigenvalue weighted by Crippen LogP contribution is 2.29. The highest BCUT2D eigenvalue weighted by Gasteiger charge is 2.11. The van der Waals surface area contributed by atoms with Gasteiger partial charge in [0, 0.05) is 17.1 Å². The number of pyridine rings is 1. The number of aryl methyl sites for hydroxylation is 2. The molecule has 0 amide bonds. The van der Waals surface area contributed by atoms with Gasteiger partial charge in [0.1, 0.15) is 5.82 Å². The van der Waals surface area contributed by atoms with Gasteiger partial charge in [0.2, 0.25) is 0 Å². The first kappa shape index (κ1) is 14.4. The van der Waals surface area contributed by atoms with Crippen molar-refractivity contribution in [3.63, 3.8) is 0 Å². The van der Waals surface area contributed by atoms with Crippen LogP contribution in [0.15, 0.2) is 30.5 Å². The Morgan fingerprint density at radius 1 is 1.09 bits per heavy atom. The van der Waals surface area contributed by atoms with E-state index in [4.69, 9.17) is 5.73 Å². The molecule has 2 aromatic heterocycles. The lowest BCUT2D eigenvalue weighted by Crippen LogP contribution is -1.99. The van der Waals surface area contributed by atoms with Crippen LogP contribution in [0.1, 0.15) is 25.1 Å². The molecule has 2 N–H and O–H groups in total. The zero-order valence-electron chi connectivity index (χ0n) is 12.6. The van der Waals surface area contributed by atoms with Gasteiger partial charge in [-0.05, 0) is 48.2 Å². The minimum absolute atomic E-state index is 0.516. The van der Waals surface area contributed by atoms with Crippen molar-refractivity contribution < 1.29 is 4.39 Å². The Hall–Kier alpha value is -2.56. The molecule has 0 radical (unpaired) electrons. The van der Waals surface area contributed by atoms with Crippen LogP contribution in [0.4, 0.5) is 10.2 Å². The second kappa shape index (κ2) is 5.67. The fraction of sp³-hybridized carbons (Fsp3) is 0.235. The van der Waals surface area contributed by atoms with Crippen LogP contribution < -0.4 is 5.73 Å². The van der Waals surface area contributed by atoms with Crippen molar-refractivity contribution in [2.45, 2.75) is 26.7 Å². The molecule has 0 bridgehead atoms. The average molecular weight is 296 g/mol. The number of nitrogens with zero attached hydrogens (tertiary/aromatic N) is 3. The van der Waals surface area contributed by atoms with E-state index in [1.807, 2.05) is 32.0 Å². The standard InChI is InChI=1S/C17H17FN4/c1-3-10-7-11(8-12-9-20-17(18)22-16(10)12)13-5-6-15(19)21-14(13)4-2/h5-9H,3-4H2,1-2H3,(H2,19,21). The van der Waals surface area contributed by atoms with Crippen molar-refractivity contribution in [1.29, 1.82) is 0 Å². The fourth-order valence-electron chi connectivity index (χ4n) is 2.67.